The summed E-state index contributed by atoms with van der Waals surface area (Å²) in [5.74, 6) is -1.38. The SMILES string of the molecule is COc1cc(C)c(/N=C(/N/N=C/c2ccc(C(=N)/N=C\Nc3ccc(OC(F)(F)C(F)(F)F)cc3)cc2)SCC(=O)O)c(C)c1. The van der Waals surface area contributed by atoms with Gasteiger partial charge in [0, 0.05) is 11.3 Å². The van der Waals surface area contributed by atoms with E-state index in [1.54, 1.807) is 31.4 Å². The van der Waals surface area contributed by atoms with Gasteiger partial charge in [0.2, 0.25) is 0 Å². The van der Waals surface area contributed by atoms with E-state index < -0.39 is 24.0 Å². The van der Waals surface area contributed by atoms with Gasteiger partial charge in [0.1, 0.15) is 11.5 Å². The number of alkyl halides is 5. The summed E-state index contributed by atoms with van der Waals surface area (Å²) in [6, 6.07) is 14.5. The number of thioether (sulfide) groups is 1. The molecule has 0 radical (unpaired) electrons. The van der Waals surface area contributed by atoms with Crippen molar-refractivity contribution in [3.63, 3.8) is 0 Å². The molecule has 0 amide bonds. The zero-order valence-corrected chi connectivity index (χ0v) is 24.8. The number of aliphatic carboxylic acids is 1. The molecule has 45 heavy (non-hydrogen) atoms. The monoisotopic (exact) mass is 650 g/mol. The number of aryl methyl sites for hydroxylation is 2. The van der Waals surface area contributed by atoms with Crippen molar-refractivity contribution < 1.29 is 41.3 Å². The molecule has 16 heteroatoms. The zero-order valence-electron chi connectivity index (χ0n) is 23.9. The van der Waals surface area contributed by atoms with Gasteiger partial charge in [-0.3, -0.25) is 15.6 Å². The first-order chi connectivity index (χ1) is 21.2. The van der Waals surface area contributed by atoms with E-state index in [2.05, 4.69) is 30.6 Å². The van der Waals surface area contributed by atoms with Crippen LogP contribution in [-0.4, -0.2) is 59.8 Å². The molecule has 238 valence electrons. The quantitative estimate of drug-likeness (QED) is 0.0780. The maximum atomic E-state index is 13.0. The van der Waals surface area contributed by atoms with Gasteiger partial charge in [-0.05, 0) is 66.9 Å². The van der Waals surface area contributed by atoms with E-state index in [0.29, 0.717) is 28.3 Å². The van der Waals surface area contributed by atoms with Crippen molar-refractivity contribution >= 4 is 52.7 Å². The van der Waals surface area contributed by atoms with Crippen LogP contribution in [0.15, 0.2) is 75.7 Å². The average Bonchev–Trinajstić information content (AvgIpc) is 2.97. The van der Waals surface area contributed by atoms with Gasteiger partial charge in [0.05, 0.1) is 31.1 Å². The molecule has 0 saturated carbocycles. The molecule has 0 bridgehead atoms. The molecule has 10 nitrogen and oxygen atoms in total. The van der Waals surface area contributed by atoms with E-state index >= 15 is 0 Å². The molecule has 4 N–H and O–H groups in total. The summed E-state index contributed by atoms with van der Waals surface area (Å²) >= 11 is 0.970. The third-order valence-electron chi connectivity index (χ3n) is 5.66. The molecule has 0 saturated heterocycles. The van der Waals surface area contributed by atoms with Crippen LogP contribution in [0.2, 0.25) is 0 Å². The fraction of sp³-hybridized carbons (Fsp3) is 0.207. The molecule has 3 aromatic rings. The Morgan fingerprint density at radius 1 is 1.00 bits per heavy atom. The average molecular weight is 651 g/mol. The van der Waals surface area contributed by atoms with Crippen molar-refractivity contribution in [3.05, 3.63) is 82.9 Å². The molecule has 0 spiro atoms. The fourth-order valence-electron chi connectivity index (χ4n) is 3.49. The van der Waals surface area contributed by atoms with Crippen molar-refractivity contribution in [2.45, 2.75) is 26.1 Å². The summed E-state index contributed by atoms with van der Waals surface area (Å²) in [5.41, 5.74) is 6.50. The van der Waals surface area contributed by atoms with Crippen LogP contribution in [0.4, 0.5) is 33.3 Å². The Hall–Kier alpha value is -4.99. The van der Waals surface area contributed by atoms with Crippen LogP contribution in [0.3, 0.4) is 0 Å². The number of hydrogen-bond acceptors (Lipinski definition) is 7. The van der Waals surface area contributed by atoms with E-state index in [1.165, 1.54) is 18.3 Å². The van der Waals surface area contributed by atoms with Crippen LogP contribution >= 0.6 is 11.8 Å². The molecule has 0 aliphatic rings. The second-order valence-electron chi connectivity index (χ2n) is 9.09. The van der Waals surface area contributed by atoms with Crippen molar-refractivity contribution in [2.24, 2.45) is 15.1 Å². The van der Waals surface area contributed by atoms with Crippen molar-refractivity contribution in [2.75, 3.05) is 18.2 Å². The number of aliphatic imine (C=N–C) groups is 2. The number of amidine groups is 2. The molecule has 0 heterocycles. The minimum Gasteiger partial charge on any atom is -0.497 e. The predicted octanol–water partition coefficient (Wildman–Crippen LogP) is 6.74. The summed E-state index contributed by atoms with van der Waals surface area (Å²) < 4.78 is 71.9. The first kappa shape index (κ1) is 34.5. The standard InChI is InChI=1S/C29H27F5N6O4S/c1-17-12-23(43-3)13-18(2)25(17)39-27(45-15-24(41)42)40-38-14-19-4-6-20(7-5-19)26(35)37-16-36-21-8-10-22(11-9-21)44-29(33,34)28(30,31)32/h4-14,16H,15H2,1-3H3,(H,39,40)(H,41,42)(H2,35,36,37)/b38-14+. The summed E-state index contributed by atoms with van der Waals surface area (Å²) in [6.45, 7) is 3.72. The van der Waals surface area contributed by atoms with E-state index in [0.717, 1.165) is 41.4 Å². The molecule has 0 aromatic heterocycles. The largest absolute Gasteiger partial charge is 0.499 e. The second kappa shape index (κ2) is 15.1. The number of methoxy groups -OCH3 is 1. The Balaban J connectivity index is 1.60. The van der Waals surface area contributed by atoms with E-state index in [4.69, 9.17) is 15.3 Å². The lowest BCUT2D eigenvalue weighted by atomic mass is 10.1. The van der Waals surface area contributed by atoms with Gasteiger partial charge in [-0.2, -0.15) is 27.1 Å². The van der Waals surface area contributed by atoms with Crippen molar-refractivity contribution in [1.82, 2.24) is 5.43 Å². The minimum absolute atomic E-state index is 0.126. The highest BCUT2D eigenvalue weighted by Crippen LogP contribution is 2.37. The molecular weight excluding hydrogens is 623 g/mol. The number of ether oxygens (including phenoxy) is 2. The zero-order chi connectivity index (χ0) is 33.2. The van der Waals surface area contributed by atoms with Crippen LogP contribution in [-0.2, 0) is 4.79 Å². The number of anilines is 1. The fourth-order valence-corrected chi connectivity index (χ4v) is 4.02. The summed E-state index contributed by atoms with van der Waals surface area (Å²) in [7, 11) is 1.56. The highest BCUT2D eigenvalue weighted by atomic mass is 32.2. The van der Waals surface area contributed by atoms with Gasteiger partial charge in [0.15, 0.2) is 11.0 Å². The van der Waals surface area contributed by atoms with Crippen molar-refractivity contribution in [1.29, 1.82) is 5.41 Å². The number of carbonyl (C=O) groups is 1. The summed E-state index contributed by atoms with van der Waals surface area (Å²) in [6.07, 6.45) is -8.54. The summed E-state index contributed by atoms with van der Waals surface area (Å²) in [4.78, 5) is 19.6. The lowest BCUT2D eigenvalue weighted by Gasteiger charge is -2.20. The van der Waals surface area contributed by atoms with E-state index in [-0.39, 0.29) is 16.8 Å². The van der Waals surface area contributed by atoms with Gasteiger partial charge in [0.25, 0.3) is 0 Å². The number of carboxylic acids is 1. The number of nitrogens with zero attached hydrogens (tertiary/aromatic N) is 3. The number of hydrazone groups is 1. The molecule has 0 unspecified atom stereocenters. The third kappa shape index (κ3) is 10.3. The third-order valence-corrected chi connectivity index (χ3v) is 6.51. The first-order valence-corrected chi connectivity index (χ1v) is 13.8. The Bertz CT molecular complexity index is 1570. The number of halogens is 5. The topological polar surface area (TPSA) is 141 Å². The summed E-state index contributed by atoms with van der Waals surface area (Å²) in [5, 5.41) is 24.4. The highest BCUT2D eigenvalue weighted by Gasteiger charge is 2.61. The van der Waals surface area contributed by atoms with E-state index in [9.17, 15) is 26.7 Å². The molecule has 3 rings (SSSR count). The van der Waals surface area contributed by atoms with Crippen LogP contribution in [0.5, 0.6) is 11.5 Å². The van der Waals surface area contributed by atoms with Gasteiger partial charge in [-0.1, -0.05) is 36.0 Å². The molecule has 0 fully saturated rings. The number of benzene rings is 3. The second-order valence-corrected chi connectivity index (χ2v) is 10.1. The van der Waals surface area contributed by atoms with Crippen LogP contribution in [0.25, 0.3) is 0 Å². The van der Waals surface area contributed by atoms with Crippen molar-refractivity contribution in [3.8, 4) is 11.5 Å². The lowest BCUT2D eigenvalue weighted by molar-refractivity contribution is -0.360. The molecule has 0 atom stereocenters. The number of carboxylic acid groups (broad SMARTS) is 1. The van der Waals surface area contributed by atoms with Crippen LogP contribution < -0.4 is 20.2 Å². The van der Waals surface area contributed by atoms with Crippen LogP contribution in [0.1, 0.15) is 22.3 Å². The van der Waals surface area contributed by atoms with Gasteiger partial charge >= 0.3 is 18.3 Å². The maximum absolute atomic E-state index is 13.0. The van der Waals surface area contributed by atoms with Gasteiger partial charge in [-0.15, -0.1) is 0 Å². The smallest absolute Gasteiger partial charge is 0.497 e. The molecular formula is C29H27F5N6O4S. The predicted molar refractivity (Wildman–Crippen MR) is 164 cm³/mol. The van der Waals surface area contributed by atoms with Crippen LogP contribution in [0, 0.1) is 19.3 Å². The maximum Gasteiger partial charge on any atom is 0.499 e. The Kier molecular flexibility index (Phi) is 11.6. The number of hydrogen-bond donors (Lipinski definition) is 4. The highest BCUT2D eigenvalue weighted by molar-refractivity contribution is 8.14. The normalized spacial score (nSPS) is 12.4. The van der Waals surface area contributed by atoms with Gasteiger partial charge < -0.3 is 19.9 Å². The Morgan fingerprint density at radius 3 is 2.18 bits per heavy atom. The minimum atomic E-state index is -5.85. The van der Waals surface area contributed by atoms with E-state index in [1.807, 2.05) is 26.0 Å². The number of nitrogens with one attached hydrogen (secondary N) is 3. The Morgan fingerprint density at radius 2 is 1.62 bits per heavy atom. The lowest BCUT2D eigenvalue weighted by Crippen LogP contribution is -2.41. The van der Waals surface area contributed by atoms with Gasteiger partial charge in [-0.25, -0.2) is 9.98 Å². The molecule has 3 aromatic carbocycles. The first-order valence-electron chi connectivity index (χ1n) is 12.8. The Labute approximate surface area is 258 Å². The molecule has 0 aliphatic heterocycles. The molecule has 0 aliphatic carbocycles. The number of rotatable bonds is 11.